The zero-order valence-electron chi connectivity index (χ0n) is 20.0. The Labute approximate surface area is 209 Å². The molecule has 0 spiro atoms. The number of esters is 2. The lowest BCUT2D eigenvalue weighted by molar-refractivity contribution is -0.141. The predicted molar refractivity (Wildman–Crippen MR) is 138 cm³/mol. The molecule has 5 nitrogen and oxygen atoms in total. The van der Waals surface area contributed by atoms with Gasteiger partial charge in [-0.25, -0.2) is 4.79 Å². The second-order valence-electron chi connectivity index (χ2n) is 9.77. The summed E-state index contributed by atoms with van der Waals surface area (Å²) >= 11 is 0. The third-order valence-electron chi connectivity index (χ3n) is 7.00. The molecule has 1 saturated carbocycles. The summed E-state index contributed by atoms with van der Waals surface area (Å²) in [5.74, 6) is -0.788. The van der Waals surface area contributed by atoms with E-state index >= 15 is 0 Å². The van der Waals surface area contributed by atoms with Crippen LogP contribution in [0.25, 0.3) is 11.1 Å². The van der Waals surface area contributed by atoms with Crippen LogP contribution in [0, 0.1) is 11.8 Å². The first kappa shape index (κ1) is 26.7. The predicted octanol–water partition coefficient (Wildman–Crippen LogP) is 6.35. The summed E-state index contributed by atoms with van der Waals surface area (Å²) in [5.41, 5.74) is 1.68. The quantitative estimate of drug-likeness (QED) is 0.258. The number of carbonyl (C=O) groups is 2. The second kappa shape index (κ2) is 11.7. The van der Waals surface area contributed by atoms with Crippen molar-refractivity contribution in [3.05, 3.63) is 72.3 Å². The van der Waals surface area contributed by atoms with Crippen LogP contribution >= 0.6 is 0 Å². The van der Waals surface area contributed by atoms with Gasteiger partial charge >= 0.3 is 11.9 Å². The number of unbranched alkanes of at least 4 members (excludes halogenated alkanes) is 2. The number of aliphatic hydroxyl groups is 1. The van der Waals surface area contributed by atoms with Gasteiger partial charge in [-0.2, -0.15) is 0 Å². The molecule has 4 rings (SSSR count). The van der Waals surface area contributed by atoms with Crippen LogP contribution in [0.1, 0.15) is 70.2 Å². The molecule has 0 amide bonds. The monoisotopic (exact) mass is 478 g/mol. The Kier molecular flexibility index (Phi) is 8.90. The van der Waals surface area contributed by atoms with Crippen LogP contribution in [-0.4, -0.2) is 34.9 Å². The van der Waals surface area contributed by atoms with Gasteiger partial charge in [-0.05, 0) is 36.6 Å². The summed E-state index contributed by atoms with van der Waals surface area (Å²) in [6.45, 7) is 3.94. The fourth-order valence-electron chi connectivity index (χ4n) is 5.06. The number of carbonyl (C=O) groups excluding carboxylic acids is 2. The number of ether oxygens (including phenoxy) is 2. The molecule has 2 unspecified atom stereocenters. The van der Waals surface area contributed by atoms with Gasteiger partial charge in [0.2, 0.25) is 0 Å². The van der Waals surface area contributed by atoms with Crippen molar-refractivity contribution in [2.24, 2.45) is 11.8 Å². The van der Waals surface area contributed by atoms with Crippen LogP contribution in [0.5, 0.6) is 0 Å². The molecule has 2 fully saturated rings. The van der Waals surface area contributed by atoms with Crippen molar-refractivity contribution in [3.8, 4) is 11.1 Å². The highest BCUT2D eigenvalue weighted by molar-refractivity contribution is 5.90. The van der Waals surface area contributed by atoms with Crippen LogP contribution < -0.4 is 0 Å². The molecule has 1 aliphatic carbocycles. The fraction of sp³-hybridized carbons (Fsp3) is 0.467. The first-order chi connectivity index (χ1) is 16.4. The standard InChI is InChI=1S/C29H34O5.CH4/c1-3-4-8-16-29(2,32)17-15-23-24-18-27(30)33-26(24)19-25(23)34-28(31)22-13-11-21(12-14-22)20-9-6-5-7-10-20;/h5-7,9-15,17,23-26,32H,3-4,8,16,18-19H2,1-2H3;1H4/b17-15+;/t23?,24-,25-,26+,29?;/m1./s1. The van der Waals surface area contributed by atoms with E-state index in [1.54, 1.807) is 19.1 Å². The third-order valence-corrected chi connectivity index (χ3v) is 7.00. The molecule has 2 aromatic rings. The number of hydrogen-bond donors (Lipinski definition) is 1. The molecule has 1 heterocycles. The molecule has 2 aliphatic rings. The summed E-state index contributed by atoms with van der Waals surface area (Å²) in [5, 5.41) is 10.8. The molecule has 1 N–H and O–H groups in total. The van der Waals surface area contributed by atoms with Gasteiger partial charge in [0.05, 0.1) is 17.6 Å². The maximum atomic E-state index is 13.0. The van der Waals surface area contributed by atoms with Crippen molar-refractivity contribution in [2.75, 3.05) is 0 Å². The van der Waals surface area contributed by atoms with Crippen molar-refractivity contribution < 1.29 is 24.2 Å². The molecule has 1 saturated heterocycles. The van der Waals surface area contributed by atoms with Crippen molar-refractivity contribution in [3.63, 3.8) is 0 Å². The van der Waals surface area contributed by atoms with Gasteiger partial charge in [-0.1, -0.05) is 88.2 Å². The third kappa shape index (κ3) is 6.61. The highest BCUT2D eigenvalue weighted by Crippen LogP contribution is 2.44. The lowest BCUT2D eigenvalue weighted by atomic mass is 9.89. The minimum atomic E-state index is -0.932. The van der Waals surface area contributed by atoms with E-state index in [0.717, 1.165) is 30.4 Å². The number of benzene rings is 2. The number of hydrogen-bond acceptors (Lipinski definition) is 5. The molecule has 0 aromatic heterocycles. The summed E-state index contributed by atoms with van der Waals surface area (Å²) in [6, 6.07) is 17.4. The van der Waals surface area contributed by atoms with E-state index in [1.165, 1.54) is 0 Å². The maximum Gasteiger partial charge on any atom is 0.338 e. The van der Waals surface area contributed by atoms with Gasteiger partial charge in [0.15, 0.2) is 0 Å². The summed E-state index contributed by atoms with van der Waals surface area (Å²) in [7, 11) is 0. The lowest BCUT2D eigenvalue weighted by Crippen LogP contribution is -2.26. The summed E-state index contributed by atoms with van der Waals surface area (Å²) in [6.07, 6.45) is 7.70. The fourth-order valence-corrected chi connectivity index (χ4v) is 5.06. The van der Waals surface area contributed by atoms with Gasteiger partial charge in [-0.15, -0.1) is 0 Å². The highest BCUT2D eigenvalue weighted by Gasteiger charge is 2.50. The Morgan fingerprint density at radius 2 is 1.80 bits per heavy atom. The molecule has 0 radical (unpaired) electrons. The smallest absolute Gasteiger partial charge is 0.338 e. The van der Waals surface area contributed by atoms with Crippen LogP contribution in [-0.2, 0) is 14.3 Å². The van der Waals surface area contributed by atoms with E-state index < -0.39 is 11.7 Å². The van der Waals surface area contributed by atoms with Gasteiger partial charge in [0.1, 0.15) is 12.2 Å². The van der Waals surface area contributed by atoms with Crippen molar-refractivity contribution in [1.82, 2.24) is 0 Å². The SMILES string of the molecule is C.CCCCCC(C)(O)/C=C/C1[C@H]2CC(=O)O[C@H]2C[C@H]1OC(=O)c1ccc(-c2ccccc2)cc1. The molecule has 5 atom stereocenters. The molecule has 5 heteroatoms. The van der Waals surface area contributed by atoms with Gasteiger partial charge in [0.25, 0.3) is 0 Å². The topological polar surface area (TPSA) is 72.8 Å². The van der Waals surface area contributed by atoms with E-state index in [2.05, 4.69) is 6.92 Å². The normalized spacial score (nSPS) is 24.9. The number of fused-ring (bicyclic) bond motifs is 1. The molecule has 2 aromatic carbocycles. The summed E-state index contributed by atoms with van der Waals surface area (Å²) < 4.78 is 11.4. The maximum absolute atomic E-state index is 13.0. The first-order valence-corrected chi connectivity index (χ1v) is 12.3. The average molecular weight is 479 g/mol. The lowest BCUT2D eigenvalue weighted by Gasteiger charge is -2.23. The van der Waals surface area contributed by atoms with Crippen molar-refractivity contribution in [2.45, 2.75) is 77.6 Å². The molecule has 188 valence electrons. The van der Waals surface area contributed by atoms with E-state index in [1.807, 2.05) is 54.6 Å². The zero-order valence-corrected chi connectivity index (χ0v) is 20.0. The van der Waals surface area contributed by atoms with Gasteiger partial charge < -0.3 is 14.6 Å². The molecular formula is C30H38O5. The Hall–Kier alpha value is -2.92. The Balaban J connectivity index is 0.00000342. The first-order valence-electron chi connectivity index (χ1n) is 12.3. The Morgan fingerprint density at radius 1 is 1.11 bits per heavy atom. The minimum Gasteiger partial charge on any atom is -0.462 e. The van der Waals surface area contributed by atoms with E-state index in [-0.39, 0.29) is 37.3 Å². The van der Waals surface area contributed by atoms with Crippen LogP contribution in [0.3, 0.4) is 0 Å². The zero-order chi connectivity index (χ0) is 24.1. The van der Waals surface area contributed by atoms with Crippen molar-refractivity contribution in [1.29, 1.82) is 0 Å². The van der Waals surface area contributed by atoms with Crippen molar-refractivity contribution >= 4 is 11.9 Å². The molecule has 0 bridgehead atoms. The molecular weight excluding hydrogens is 440 g/mol. The molecule has 1 aliphatic heterocycles. The minimum absolute atomic E-state index is 0. The molecule has 35 heavy (non-hydrogen) atoms. The Bertz CT molecular complexity index is 1010. The highest BCUT2D eigenvalue weighted by atomic mass is 16.6. The number of rotatable bonds is 9. The average Bonchev–Trinajstić information content (AvgIpc) is 3.33. The van der Waals surface area contributed by atoms with Gasteiger partial charge in [0, 0.05) is 18.3 Å². The van der Waals surface area contributed by atoms with Crippen LogP contribution in [0.2, 0.25) is 0 Å². The van der Waals surface area contributed by atoms with Crippen LogP contribution in [0.4, 0.5) is 0 Å². The van der Waals surface area contributed by atoms with Gasteiger partial charge in [-0.3, -0.25) is 4.79 Å². The van der Waals surface area contributed by atoms with E-state index in [0.29, 0.717) is 24.8 Å². The second-order valence-corrected chi connectivity index (χ2v) is 9.77. The van der Waals surface area contributed by atoms with Crippen LogP contribution in [0.15, 0.2) is 66.7 Å². The van der Waals surface area contributed by atoms with E-state index in [4.69, 9.17) is 9.47 Å². The Morgan fingerprint density at radius 3 is 2.49 bits per heavy atom. The van der Waals surface area contributed by atoms with E-state index in [9.17, 15) is 14.7 Å². The summed E-state index contributed by atoms with van der Waals surface area (Å²) in [4.78, 5) is 24.8. The largest absolute Gasteiger partial charge is 0.462 e.